The van der Waals surface area contributed by atoms with Gasteiger partial charge in [-0.05, 0) is 39.9 Å². The molecule has 0 radical (unpaired) electrons. The van der Waals surface area contributed by atoms with Crippen LogP contribution in [0.5, 0.6) is 0 Å². The van der Waals surface area contributed by atoms with Gasteiger partial charge >= 0.3 is 0 Å². The average molecular weight is 267 g/mol. The van der Waals surface area contributed by atoms with Gasteiger partial charge in [-0.1, -0.05) is 24.3 Å². The molecule has 0 bridgehead atoms. The summed E-state index contributed by atoms with van der Waals surface area (Å²) in [6.07, 6.45) is 0.947. The van der Waals surface area contributed by atoms with Crippen LogP contribution in [0.2, 0.25) is 0 Å². The highest BCUT2D eigenvalue weighted by molar-refractivity contribution is 7.08. The summed E-state index contributed by atoms with van der Waals surface area (Å²) < 4.78 is 5.06. The Balaban J connectivity index is 2.07. The van der Waals surface area contributed by atoms with Gasteiger partial charge in [-0.25, -0.2) is 0 Å². The molecule has 1 unspecified atom stereocenters. The number of rotatable bonds is 5. The van der Waals surface area contributed by atoms with Crippen molar-refractivity contribution in [2.45, 2.75) is 11.8 Å². The van der Waals surface area contributed by atoms with Crippen LogP contribution in [0.4, 0.5) is 0 Å². The van der Waals surface area contributed by atoms with Gasteiger partial charge in [0.2, 0.25) is 0 Å². The Morgan fingerprint density at radius 1 is 1.18 bits per heavy atom. The molecule has 0 saturated heterocycles. The quantitative estimate of drug-likeness (QED) is 0.735. The number of hydrogen-bond donors (Lipinski definition) is 0. The molecule has 0 aliphatic rings. The molecule has 3 heteroatoms. The van der Waals surface area contributed by atoms with Gasteiger partial charge in [-0.3, -0.25) is 0 Å². The summed E-state index contributed by atoms with van der Waals surface area (Å²) in [7, 11) is 1.72. The van der Waals surface area contributed by atoms with Crippen LogP contribution < -0.4 is 0 Å². The molecule has 1 atom stereocenters. The highest BCUT2D eigenvalue weighted by Crippen LogP contribution is 2.30. The molecule has 0 aliphatic carbocycles. The zero-order valence-corrected chi connectivity index (χ0v) is 11.3. The fraction of sp³-hybridized carbons (Fsp3) is 0.286. The Morgan fingerprint density at radius 2 is 1.94 bits per heavy atom. The van der Waals surface area contributed by atoms with E-state index in [1.807, 2.05) is 0 Å². The molecule has 2 rings (SSSR count). The van der Waals surface area contributed by atoms with E-state index < -0.39 is 0 Å². The zero-order valence-electron chi connectivity index (χ0n) is 9.73. The monoisotopic (exact) mass is 266 g/mol. The predicted molar refractivity (Wildman–Crippen MR) is 74.0 cm³/mol. The molecule has 2 aromatic rings. The Morgan fingerprint density at radius 3 is 2.53 bits per heavy atom. The van der Waals surface area contributed by atoms with Crippen molar-refractivity contribution in [2.24, 2.45) is 0 Å². The summed E-state index contributed by atoms with van der Waals surface area (Å²) in [5.41, 5.74) is 3.59. The van der Waals surface area contributed by atoms with E-state index in [1.165, 1.54) is 11.1 Å². The van der Waals surface area contributed by atoms with Gasteiger partial charge in [-0.15, -0.1) is 11.6 Å². The van der Waals surface area contributed by atoms with E-state index in [9.17, 15) is 0 Å². The normalized spacial score (nSPS) is 12.6. The lowest BCUT2D eigenvalue weighted by Gasteiger charge is -2.09. The number of ether oxygens (including phenoxy) is 1. The van der Waals surface area contributed by atoms with Crippen molar-refractivity contribution in [1.29, 1.82) is 0 Å². The van der Waals surface area contributed by atoms with Crippen molar-refractivity contribution in [2.75, 3.05) is 13.7 Å². The summed E-state index contributed by atoms with van der Waals surface area (Å²) >= 11 is 8.09. The summed E-state index contributed by atoms with van der Waals surface area (Å²) in [5.74, 6) is 0. The maximum atomic E-state index is 6.41. The minimum Gasteiger partial charge on any atom is -0.384 e. The molecule has 0 fully saturated rings. The first kappa shape index (κ1) is 12.6. The van der Waals surface area contributed by atoms with Crippen LogP contribution in [0.15, 0.2) is 41.1 Å². The number of halogens is 1. The van der Waals surface area contributed by atoms with Crippen molar-refractivity contribution < 1.29 is 4.74 Å². The van der Waals surface area contributed by atoms with Crippen molar-refractivity contribution in [1.82, 2.24) is 0 Å². The molecule has 0 aliphatic heterocycles. The first-order valence-corrected chi connectivity index (χ1v) is 6.93. The van der Waals surface area contributed by atoms with Crippen LogP contribution >= 0.6 is 22.9 Å². The third-order valence-corrected chi connectivity index (χ3v) is 3.91. The largest absolute Gasteiger partial charge is 0.384 e. The third-order valence-electron chi connectivity index (χ3n) is 2.70. The average Bonchev–Trinajstić information content (AvgIpc) is 2.90. The highest BCUT2D eigenvalue weighted by atomic mass is 35.5. The number of benzene rings is 1. The summed E-state index contributed by atoms with van der Waals surface area (Å²) in [4.78, 5) is 0. The summed E-state index contributed by atoms with van der Waals surface area (Å²) in [5, 5.41) is 4.10. The van der Waals surface area contributed by atoms with Gasteiger partial charge in [-0.2, -0.15) is 11.3 Å². The lowest BCUT2D eigenvalue weighted by molar-refractivity contribution is 0.202. The van der Waals surface area contributed by atoms with Crippen LogP contribution in [0.25, 0.3) is 0 Å². The fourth-order valence-electron chi connectivity index (χ4n) is 1.68. The second-order valence-electron chi connectivity index (χ2n) is 3.90. The standard InChI is InChI=1S/C14H15ClOS/c1-16-8-6-11-2-4-12(5-3-11)14(15)13-7-9-17-10-13/h2-5,7,9-10,14H,6,8H2,1H3. The fourth-order valence-corrected chi connectivity index (χ4v) is 2.73. The van der Waals surface area contributed by atoms with E-state index >= 15 is 0 Å². The predicted octanol–water partition coefficient (Wildman–Crippen LogP) is 4.27. The van der Waals surface area contributed by atoms with E-state index in [2.05, 4.69) is 41.1 Å². The molecule has 1 aromatic heterocycles. The summed E-state index contributed by atoms with van der Waals surface area (Å²) in [6.45, 7) is 0.758. The Hall–Kier alpha value is -0.830. The second-order valence-corrected chi connectivity index (χ2v) is 5.12. The third kappa shape index (κ3) is 3.32. The van der Waals surface area contributed by atoms with Gasteiger partial charge < -0.3 is 4.74 Å². The molecule has 90 valence electrons. The first-order chi connectivity index (χ1) is 8.31. The topological polar surface area (TPSA) is 9.23 Å². The Labute approximate surface area is 111 Å². The molecule has 0 N–H and O–H groups in total. The lowest BCUT2D eigenvalue weighted by Crippen LogP contribution is -1.96. The first-order valence-electron chi connectivity index (χ1n) is 5.55. The number of methoxy groups -OCH3 is 1. The maximum Gasteiger partial charge on any atom is 0.0843 e. The molecule has 17 heavy (non-hydrogen) atoms. The highest BCUT2D eigenvalue weighted by Gasteiger charge is 2.10. The van der Waals surface area contributed by atoms with E-state index in [-0.39, 0.29) is 5.38 Å². The van der Waals surface area contributed by atoms with Gasteiger partial charge in [0.25, 0.3) is 0 Å². The van der Waals surface area contributed by atoms with E-state index in [1.54, 1.807) is 18.4 Å². The van der Waals surface area contributed by atoms with E-state index in [0.29, 0.717) is 0 Å². The maximum absolute atomic E-state index is 6.41. The van der Waals surface area contributed by atoms with E-state index in [0.717, 1.165) is 18.6 Å². The number of hydrogen-bond acceptors (Lipinski definition) is 2. The van der Waals surface area contributed by atoms with Crippen molar-refractivity contribution in [3.05, 3.63) is 57.8 Å². The minimum absolute atomic E-state index is 0.0438. The van der Waals surface area contributed by atoms with Crippen LogP contribution in [-0.4, -0.2) is 13.7 Å². The van der Waals surface area contributed by atoms with Crippen molar-refractivity contribution in [3.63, 3.8) is 0 Å². The molecular formula is C14H15ClOS. The van der Waals surface area contributed by atoms with Crippen LogP contribution in [0, 0.1) is 0 Å². The van der Waals surface area contributed by atoms with Gasteiger partial charge in [0, 0.05) is 7.11 Å². The second kappa shape index (κ2) is 6.20. The van der Waals surface area contributed by atoms with Crippen molar-refractivity contribution >= 4 is 22.9 Å². The van der Waals surface area contributed by atoms with Crippen LogP contribution in [-0.2, 0) is 11.2 Å². The molecule has 0 saturated carbocycles. The van der Waals surface area contributed by atoms with Crippen LogP contribution in [0.3, 0.4) is 0 Å². The summed E-state index contributed by atoms with van der Waals surface area (Å²) in [6, 6.07) is 10.5. The Kier molecular flexibility index (Phi) is 4.60. The molecule has 1 nitrogen and oxygen atoms in total. The van der Waals surface area contributed by atoms with Gasteiger partial charge in [0.05, 0.1) is 12.0 Å². The zero-order chi connectivity index (χ0) is 12.1. The molecule has 1 heterocycles. The van der Waals surface area contributed by atoms with Gasteiger partial charge in [0.1, 0.15) is 0 Å². The van der Waals surface area contributed by atoms with Gasteiger partial charge in [0.15, 0.2) is 0 Å². The van der Waals surface area contributed by atoms with E-state index in [4.69, 9.17) is 16.3 Å². The van der Waals surface area contributed by atoms with Crippen LogP contribution in [0.1, 0.15) is 22.1 Å². The smallest absolute Gasteiger partial charge is 0.0843 e. The SMILES string of the molecule is COCCc1ccc(C(Cl)c2ccsc2)cc1. The molecule has 1 aromatic carbocycles. The van der Waals surface area contributed by atoms with Crippen molar-refractivity contribution in [3.8, 4) is 0 Å². The minimum atomic E-state index is -0.0438. The number of alkyl halides is 1. The molecule has 0 spiro atoms. The Bertz CT molecular complexity index is 436. The molecule has 0 amide bonds. The lowest BCUT2D eigenvalue weighted by atomic mass is 10.0. The number of thiophene rings is 1. The molecular weight excluding hydrogens is 252 g/mol.